The summed E-state index contributed by atoms with van der Waals surface area (Å²) in [4.78, 5) is 12.2. The SMILES string of the molecule is Cc1c(F)cccc1C(=O)NC1(CO)CCOCC1. The van der Waals surface area contributed by atoms with Crippen LogP contribution in [0.15, 0.2) is 18.2 Å². The van der Waals surface area contributed by atoms with E-state index in [2.05, 4.69) is 5.32 Å². The van der Waals surface area contributed by atoms with Crippen molar-refractivity contribution in [3.8, 4) is 0 Å². The first-order chi connectivity index (χ1) is 9.08. The molecule has 1 saturated heterocycles. The minimum atomic E-state index is -0.659. The summed E-state index contributed by atoms with van der Waals surface area (Å²) in [5, 5.41) is 12.3. The van der Waals surface area contributed by atoms with Gasteiger partial charge >= 0.3 is 0 Å². The molecule has 0 atom stereocenters. The normalized spacial score (nSPS) is 18.1. The molecule has 0 saturated carbocycles. The first-order valence-corrected chi connectivity index (χ1v) is 6.34. The number of hydrogen-bond acceptors (Lipinski definition) is 3. The Balaban J connectivity index is 2.17. The zero-order valence-electron chi connectivity index (χ0n) is 10.9. The summed E-state index contributed by atoms with van der Waals surface area (Å²) < 4.78 is 18.7. The number of hydrogen-bond donors (Lipinski definition) is 2. The van der Waals surface area contributed by atoms with Gasteiger partial charge in [-0.2, -0.15) is 0 Å². The molecular formula is C14H18FNO3. The summed E-state index contributed by atoms with van der Waals surface area (Å²) in [6, 6.07) is 4.41. The molecule has 5 heteroatoms. The van der Waals surface area contributed by atoms with Crippen molar-refractivity contribution in [2.45, 2.75) is 25.3 Å². The smallest absolute Gasteiger partial charge is 0.252 e. The zero-order valence-corrected chi connectivity index (χ0v) is 10.9. The second-order valence-corrected chi connectivity index (χ2v) is 4.92. The molecule has 0 radical (unpaired) electrons. The highest BCUT2D eigenvalue weighted by molar-refractivity contribution is 5.96. The molecule has 1 aromatic rings. The van der Waals surface area contributed by atoms with E-state index in [0.717, 1.165) is 0 Å². The van der Waals surface area contributed by atoms with E-state index in [1.165, 1.54) is 12.1 Å². The molecule has 104 valence electrons. The van der Waals surface area contributed by atoms with E-state index in [1.807, 2.05) is 0 Å². The molecule has 0 unspecified atom stereocenters. The summed E-state index contributed by atoms with van der Waals surface area (Å²) in [5.41, 5.74) is -0.0341. The molecule has 0 spiro atoms. The van der Waals surface area contributed by atoms with E-state index >= 15 is 0 Å². The van der Waals surface area contributed by atoms with Crippen LogP contribution in [0.2, 0.25) is 0 Å². The van der Waals surface area contributed by atoms with Gasteiger partial charge < -0.3 is 15.2 Å². The molecule has 0 bridgehead atoms. The number of aliphatic hydroxyl groups is 1. The molecule has 19 heavy (non-hydrogen) atoms. The number of amides is 1. The van der Waals surface area contributed by atoms with Gasteiger partial charge in [-0.15, -0.1) is 0 Å². The van der Waals surface area contributed by atoms with Gasteiger partial charge in [-0.05, 0) is 37.5 Å². The fourth-order valence-corrected chi connectivity index (χ4v) is 2.25. The number of aliphatic hydroxyl groups excluding tert-OH is 1. The molecule has 1 amide bonds. The van der Waals surface area contributed by atoms with Crippen LogP contribution in [-0.4, -0.2) is 36.4 Å². The van der Waals surface area contributed by atoms with Crippen LogP contribution in [0.1, 0.15) is 28.8 Å². The lowest BCUT2D eigenvalue weighted by molar-refractivity contribution is 0.0125. The molecule has 1 aliphatic heterocycles. The van der Waals surface area contributed by atoms with E-state index < -0.39 is 11.4 Å². The second kappa shape index (κ2) is 5.67. The van der Waals surface area contributed by atoms with Gasteiger partial charge in [-0.25, -0.2) is 4.39 Å². The zero-order chi connectivity index (χ0) is 13.9. The van der Waals surface area contributed by atoms with Crippen LogP contribution >= 0.6 is 0 Å². The first-order valence-electron chi connectivity index (χ1n) is 6.34. The Hall–Kier alpha value is -1.46. The number of benzene rings is 1. The highest BCUT2D eigenvalue weighted by Crippen LogP contribution is 2.21. The van der Waals surface area contributed by atoms with Gasteiger partial charge in [0.15, 0.2) is 0 Å². The molecule has 4 nitrogen and oxygen atoms in total. The monoisotopic (exact) mass is 267 g/mol. The van der Waals surface area contributed by atoms with Crippen LogP contribution in [0, 0.1) is 12.7 Å². The fraction of sp³-hybridized carbons (Fsp3) is 0.500. The summed E-state index contributed by atoms with van der Waals surface area (Å²) >= 11 is 0. The van der Waals surface area contributed by atoms with Gasteiger partial charge in [0.2, 0.25) is 0 Å². The van der Waals surface area contributed by atoms with Crippen LogP contribution in [0.3, 0.4) is 0 Å². The molecule has 1 fully saturated rings. The predicted octanol–water partition coefficient (Wildman–Crippen LogP) is 1.41. The van der Waals surface area contributed by atoms with E-state index in [0.29, 0.717) is 37.2 Å². The van der Waals surface area contributed by atoms with Gasteiger partial charge in [0.25, 0.3) is 5.91 Å². The third-order valence-corrected chi connectivity index (χ3v) is 3.64. The Labute approximate surface area is 111 Å². The van der Waals surface area contributed by atoms with Crippen LogP contribution in [0.4, 0.5) is 4.39 Å². The van der Waals surface area contributed by atoms with E-state index in [9.17, 15) is 14.3 Å². The van der Waals surface area contributed by atoms with Crippen molar-refractivity contribution in [2.75, 3.05) is 19.8 Å². The average molecular weight is 267 g/mol. The molecular weight excluding hydrogens is 249 g/mol. The Kier molecular flexibility index (Phi) is 4.17. The lowest BCUT2D eigenvalue weighted by Gasteiger charge is -2.36. The largest absolute Gasteiger partial charge is 0.394 e. The maximum absolute atomic E-state index is 13.4. The third kappa shape index (κ3) is 2.93. The number of halogens is 1. The Morgan fingerprint density at radius 1 is 1.47 bits per heavy atom. The topological polar surface area (TPSA) is 58.6 Å². The lowest BCUT2D eigenvalue weighted by Crippen LogP contribution is -2.54. The highest BCUT2D eigenvalue weighted by atomic mass is 19.1. The Bertz CT molecular complexity index is 470. The minimum absolute atomic E-state index is 0.142. The minimum Gasteiger partial charge on any atom is -0.394 e. The fourth-order valence-electron chi connectivity index (χ4n) is 2.25. The van der Waals surface area contributed by atoms with Crippen molar-refractivity contribution in [1.82, 2.24) is 5.32 Å². The maximum atomic E-state index is 13.4. The number of carbonyl (C=O) groups excluding carboxylic acids is 1. The summed E-state index contributed by atoms with van der Waals surface area (Å²) in [6.45, 7) is 2.43. The summed E-state index contributed by atoms with van der Waals surface area (Å²) in [6.07, 6.45) is 1.12. The predicted molar refractivity (Wildman–Crippen MR) is 68.5 cm³/mol. The third-order valence-electron chi connectivity index (χ3n) is 3.64. The van der Waals surface area contributed by atoms with Gasteiger partial charge in [0.05, 0.1) is 12.1 Å². The van der Waals surface area contributed by atoms with Gasteiger partial charge in [0, 0.05) is 18.8 Å². The van der Waals surface area contributed by atoms with Gasteiger partial charge in [-0.3, -0.25) is 4.79 Å². The van der Waals surface area contributed by atoms with Crippen LogP contribution in [0.5, 0.6) is 0 Å². The molecule has 2 N–H and O–H groups in total. The van der Waals surface area contributed by atoms with Crippen molar-refractivity contribution >= 4 is 5.91 Å². The lowest BCUT2D eigenvalue weighted by atomic mass is 9.90. The molecule has 1 heterocycles. The van der Waals surface area contributed by atoms with Crippen molar-refractivity contribution in [1.29, 1.82) is 0 Å². The number of rotatable bonds is 3. The Morgan fingerprint density at radius 2 is 2.16 bits per heavy atom. The Morgan fingerprint density at radius 3 is 2.79 bits per heavy atom. The van der Waals surface area contributed by atoms with Crippen LogP contribution in [0.25, 0.3) is 0 Å². The van der Waals surface area contributed by atoms with Crippen molar-refractivity contribution in [2.24, 2.45) is 0 Å². The summed E-state index contributed by atoms with van der Waals surface area (Å²) in [7, 11) is 0. The second-order valence-electron chi connectivity index (χ2n) is 4.92. The van der Waals surface area contributed by atoms with Crippen LogP contribution in [-0.2, 0) is 4.74 Å². The number of carbonyl (C=O) groups is 1. The van der Waals surface area contributed by atoms with Crippen molar-refractivity contribution < 1.29 is 19.0 Å². The number of ether oxygens (including phenoxy) is 1. The van der Waals surface area contributed by atoms with Crippen LogP contribution < -0.4 is 5.32 Å². The molecule has 1 aromatic carbocycles. The van der Waals surface area contributed by atoms with E-state index in [4.69, 9.17) is 4.74 Å². The quantitative estimate of drug-likeness (QED) is 0.870. The summed E-state index contributed by atoms with van der Waals surface area (Å²) in [5.74, 6) is -0.759. The standard InChI is InChI=1S/C14H18FNO3/c1-10-11(3-2-4-12(10)15)13(18)16-14(9-17)5-7-19-8-6-14/h2-4,17H,5-9H2,1H3,(H,16,18). The van der Waals surface area contributed by atoms with Crippen molar-refractivity contribution in [3.05, 3.63) is 35.1 Å². The van der Waals surface area contributed by atoms with E-state index in [-0.39, 0.29) is 12.5 Å². The number of nitrogens with one attached hydrogen (secondary N) is 1. The van der Waals surface area contributed by atoms with E-state index in [1.54, 1.807) is 13.0 Å². The first kappa shape index (κ1) is 14.0. The van der Waals surface area contributed by atoms with Crippen molar-refractivity contribution in [3.63, 3.8) is 0 Å². The van der Waals surface area contributed by atoms with Gasteiger partial charge in [0.1, 0.15) is 5.82 Å². The van der Waals surface area contributed by atoms with Gasteiger partial charge in [-0.1, -0.05) is 6.07 Å². The molecule has 0 aromatic heterocycles. The highest BCUT2D eigenvalue weighted by Gasteiger charge is 2.34. The average Bonchev–Trinajstić information content (AvgIpc) is 2.42. The molecule has 1 aliphatic rings. The molecule has 2 rings (SSSR count). The molecule has 0 aliphatic carbocycles. The maximum Gasteiger partial charge on any atom is 0.252 e.